The molecule has 9 nitrogen and oxygen atoms in total. The van der Waals surface area contributed by atoms with Crippen LogP contribution in [0.2, 0.25) is 5.02 Å². The van der Waals surface area contributed by atoms with Crippen molar-refractivity contribution in [1.82, 2.24) is 15.3 Å². The molecule has 3 aromatic rings. The van der Waals surface area contributed by atoms with Crippen LogP contribution in [-0.2, 0) is 10.0 Å². The number of rotatable bonds is 9. The van der Waals surface area contributed by atoms with Gasteiger partial charge in [-0.15, -0.1) is 0 Å². The van der Waals surface area contributed by atoms with Gasteiger partial charge >= 0.3 is 0 Å². The van der Waals surface area contributed by atoms with E-state index in [-0.39, 0.29) is 39.7 Å². The van der Waals surface area contributed by atoms with Crippen LogP contribution in [0.25, 0.3) is 0 Å². The third-order valence-electron chi connectivity index (χ3n) is 4.38. The Morgan fingerprint density at radius 1 is 1.06 bits per heavy atom. The number of carbonyl (C=O) groups is 1. The fraction of sp³-hybridized carbons (Fsp3) is 0.190. The van der Waals surface area contributed by atoms with E-state index in [0.717, 1.165) is 6.07 Å². The third kappa shape index (κ3) is 6.30. The van der Waals surface area contributed by atoms with Crippen LogP contribution >= 0.6 is 11.6 Å². The van der Waals surface area contributed by atoms with Crippen molar-refractivity contribution in [2.75, 3.05) is 27.7 Å². The minimum Gasteiger partial charge on any atom is -0.352 e. The second-order valence-corrected chi connectivity index (χ2v) is 9.16. The zero-order valence-electron chi connectivity index (χ0n) is 17.8. The molecule has 0 atom stereocenters. The van der Waals surface area contributed by atoms with Crippen molar-refractivity contribution in [2.45, 2.75) is 13.8 Å². The van der Waals surface area contributed by atoms with E-state index >= 15 is 0 Å². The number of para-hydroxylation sites is 2. The predicted octanol–water partition coefficient (Wildman–Crippen LogP) is 4.27. The molecule has 2 aromatic carbocycles. The zero-order valence-corrected chi connectivity index (χ0v) is 19.4. The molecule has 3 rings (SSSR count). The zero-order chi connectivity index (χ0) is 24.0. The molecule has 0 aliphatic heterocycles. The fourth-order valence-electron chi connectivity index (χ4n) is 2.71. The molecule has 4 N–H and O–H groups in total. The van der Waals surface area contributed by atoms with Gasteiger partial charge in [0, 0.05) is 12.1 Å². The quantitative estimate of drug-likeness (QED) is 0.351. The smallest absolute Gasteiger partial charge is 0.251 e. The molecule has 1 aromatic heterocycles. The molecule has 174 valence electrons. The lowest BCUT2D eigenvalue weighted by molar-refractivity contribution is 0.0956. The van der Waals surface area contributed by atoms with Gasteiger partial charge in [-0.3, -0.25) is 9.52 Å². The van der Waals surface area contributed by atoms with E-state index in [1.807, 2.05) is 0 Å². The summed E-state index contributed by atoms with van der Waals surface area (Å²) in [6, 6.07) is 10.5. The Balaban J connectivity index is 1.88. The molecule has 1 heterocycles. The third-order valence-corrected chi connectivity index (χ3v) is 5.95. The molecule has 0 saturated heterocycles. The molecule has 12 heteroatoms. The van der Waals surface area contributed by atoms with E-state index in [1.54, 1.807) is 31.2 Å². The number of hydrogen-bond donors (Lipinski definition) is 4. The molecule has 1 amide bonds. The lowest BCUT2D eigenvalue weighted by Crippen LogP contribution is -2.22. The Labute approximate surface area is 195 Å². The van der Waals surface area contributed by atoms with E-state index in [2.05, 4.69) is 30.6 Å². The van der Waals surface area contributed by atoms with E-state index in [9.17, 15) is 17.6 Å². The highest BCUT2D eigenvalue weighted by Gasteiger charge is 2.14. The first-order valence-electron chi connectivity index (χ1n) is 9.96. The summed E-state index contributed by atoms with van der Waals surface area (Å²) >= 11 is 6.21. The molecule has 0 unspecified atom stereocenters. The maximum absolute atomic E-state index is 14.3. The van der Waals surface area contributed by atoms with Gasteiger partial charge in [-0.2, -0.15) is 4.98 Å². The lowest BCUT2D eigenvalue weighted by Gasteiger charge is -2.15. The number of anilines is 5. The predicted molar refractivity (Wildman–Crippen MR) is 128 cm³/mol. The van der Waals surface area contributed by atoms with E-state index in [0.29, 0.717) is 17.9 Å². The Hall–Kier alpha value is -3.44. The molecule has 33 heavy (non-hydrogen) atoms. The van der Waals surface area contributed by atoms with Crippen LogP contribution in [0.4, 0.5) is 33.2 Å². The van der Waals surface area contributed by atoms with Crippen LogP contribution in [-0.4, -0.2) is 36.6 Å². The molecule has 0 spiro atoms. The van der Waals surface area contributed by atoms with Crippen LogP contribution in [0.3, 0.4) is 0 Å². The molecule has 0 aliphatic carbocycles. The van der Waals surface area contributed by atoms with E-state index in [1.165, 1.54) is 25.3 Å². The second kappa shape index (κ2) is 10.5. The Bertz CT molecular complexity index is 1270. The van der Waals surface area contributed by atoms with E-state index in [4.69, 9.17) is 11.6 Å². The first-order valence-corrected chi connectivity index (χ1v) is 12.0. The van der Waals surface area contributed by atoms with Crippen molar-refractivity contribution >= 4 is 56.4 Å². The highest BCUT2D eigenvalue weighted by molar-refractivity contribution is 7.92. The van der Waals surface area contributed by atoms with Gasteiger partial charge < -0.3 is 16.0 Å². The van der Waals surface area contributed by atoms with E-state index < -0.39 is 15.8 Å². The summed E-state index contributed by atoms with van der Waals surface area (Å²) in [7, 11) is -3.51. The highest BCUT2D eigenvalue weighted by Crippen LogP contribution is 2.30. The van der Waals surface area contributed by atoms with Gasteiger partial charge in [0.15, 0.2) is 5.82 Å². The monoisotopic (exact) mass is 492 g/mol. The Kier molecular flexibility index (Phi) is 7.67. The number of halogens is 2. The number of sulfonamides is 1. The van der Waals surface area contributed by atoms with Crippen molar-refractivity contribution in [3.63, 3.8) is 0 Å². The van der Waals surface area contributed by atoms with Gasteiger partial charge in [0.25, 0.3) is 5.91 Å². The van der Waals surface area contributed by atoms with Gasteiger partial charge in [0.2, 0.25) is 16.0 Å². The van der Waals surface area contributed by atoms with Gasteiger partial charge in [-0.1, -0.05) is 23.7 Å². The maximum atomic E-state index is 14.3. The Morgan fingerprint density at radius 3 is 2.48 bits per heavy atom. The average molecular weight is 493 g/mol. The SMILES string of the molecule is CCNC(=O)c1ccc(F)c(Nc2ncc(Cl)c(Nc3ccccc3NS(=O)(=O)CC)n2)c1. The first kappa shape index (κ1) is 24.2. The molecule has 0 aliphatic rings. The maximum Gasteiger partial charge on any atom is 0.251 e. The summed E-state index contributed by atoms with van der Waals surface area (Å²) in [6.45, 7) is 3.74. The number of nitrogens with zero attached hydrogens (tertiary/aromatic N) is 2. The second-order valence-electron chi connectivity index (χ2n) is 6.75. The van der Waals surface area contributed by atoms with Gasteiger partial charge in [0.1, 0.15) is 10.8 Å². The average Bonchev–Trinajstić information content (AvgIpc) is 2.78. The van der Waals surface area contributed by atoms with Crippen LogP contribution in [0.15, 0.2) is 48.7 Å². The summed E-state index contributed by atoms with van der Waals surface area (Å²) in [4.78, 5) is 20.4. The van der Waals surface area contributed by atoms with Gasteiger partial charge in [0.05, 0.1) is 29.0 Å². The largest absolute Gasteiger partial charge is 0.352 e. The minimum atomic E-state index is -3.51. The number of nitrogens with one attached hydrogen (secondary N) is 4. The van der Waals surface area contributed by atoms with Crippen molar-refractivity contribution < 1.29 is 17.6 Å². The van der Waals surface area contributed by atoms with Gasteiger partial charge in [-0.25, -0.2) is 17.8 Å². The Morgan fingerprint density at radius 2 is 1.79 bits per heavy atom. The number of hydrogen-bond acceptors (Lipinski definition) is 7. The standard InChI is InChI=1S/C21H22ClFN6O3S/c1-3-24-20(30)13-9-10-15(23)18(11-13)27-21-25-12-14(22)19(28-21)26-16-7-5-6-8-17(16)29-33(31,32)4-2/h5-12,29H,3-4H2,1-2H3,(H,24,30)(H2,25,26,27,28). The summed E-state index contributed by atoms with van der Waals surface area (Å²) in [6.07, 6.45) is 1.31. The molecule has 0 fully saturated rings. The molecule has 0 bridgehead atoms. The summed E-state index contributed by atoms with van der Waals surface area (Å²) in [5.74, 6) is -0.857. The number of aromatic nitrogens is 2. The van der Waals surface area contributed by atoms with Gasteiger partial charge in [-0.05, 0) is 44.2 Å². The molecule has 0 saturated carbocycles. The first-order chi connectivity index (χ1) is 15.7. The number of benzene rings is 2. The fourth-order valence-corrected chi connectivity index (χ4v) is 3.50. The molecular formula is C21H22ClFN6O3S. The van der Waals surface area contributed by atoms with Crippen molar-refractivity contribution in [1.29, 1.82) is 0 Å². The minimum absolute atomic E-state index is 0.00290. The molecular weight excluding hydrogens is 471 g/mol. The summed E-state index contributed by atoms with van der Waals surface area (Å²) in [5, 5.41) is 8.51. The lowest BCUT2D eigenvalue weighted by atomic mass is 10.2. The highest BCUT2D eigenvalue weighted by atomic mass is 35.5. The van der Waals surface area contributed by atoms with Crippen molar-refractivity contribution in [3.8, 4) is 0 Å². The summed E-state index contributed by atoms with van der Waals surface area (Å²) in [5.41, 5.74) is 0.989. The van der Waals surface area contributed by atoms with Crippen molar-refractivity contribution in [3.05, 3.63) is 65.1 Å². The summed E-state index contributed by atoms with van der Waals surface area (Å²) < 4.78 is 40.8. The topological polar surface area (TPSA) is 125 Å². The number of amides is 1. The van der Waals surface area contributed by atoms with Crippen LogP contribution in [0, 0.1) is 5.82 Å². The normalized spacial score (nSPS) is 11.0. The molecule has 0 radical (unpaired) electrons. The van der Waals surface area contributed by atoms with Crippen molar-refractivity contribution in [2.24, 2.45) is 0 Å². The van der Waals surface area contributed by atoms with Crippen LogP contribution in [0.1, 0.15) is 24.2 Å². The number of carbonyl (C=O) groups excluding carboxylic acids is 1. The van der Waals surface area contributed by atoms with Crippen LogP contribution in [0.5, 0.6) is 0 Å². The van der Waals surface area contributed by atoms with Crippen LogP contribution < -0.4 is 20.7 Å².